The summed E-state index contributed by atoms with van der Waals surface area (Å²) < 4.78 is 17.3. The fourth-order valence-electron chi connectivity index (χ4n) is 7.30. The molecule has 0 aliphatic carbocycles. The Kier molecular flexibility index (Phi) is 47.9. The number of unbranched alkanes of at least 4 members (excludes halogenated alkanes) is 30. The Morgan fingerprint density at radius 1 is 0.379 bits per heavy atom. The molecule has 58 heavy (non-hydrogen) atoms. The fraction of sp³-hybridized carbons (Fsp3) is 0.849. The van der Waals surface area contributed by atoms with E-state index in [1.54, 1.807) is 0 Å². The van der Waals surface area contributed by atoms with E-state index in [1.165, 1.54) is 173 Å². The molecule has 5 heteroatoms. The van der Waals surface area contributed by atoms with E-state index in [-0.39, 0.29) is 25.2 Å². The molecule has 1 unspecified atom stereocenters. The number of carbonyl (C=O) groups is 2. The zero-order chi connectivity index (χ0) is 42.1. The maximum Gasteiger partial charge on any atom is 0.306 e. The predicted octanol–water partition coefficient (Wildman–Crippen LogP) is 17.0. The minimum Gasteiger partial charge on any atom is -0.462 e. The third kappa shape index (κ3) is 46.8. The fourth-order valence-corrected chi connectivity index (χ4v) is 7.30. The molecule has 0 saturated carbocycles. The van der Waals surface area contributed by atoms with Gasteiger partial charge in [0.15, 0.2) is 6.10 Å². The number of carbonyl (C=O) groups excluding carboxylic acids is 2. The standard InChI is InChI=1S/C53H98O5/c1-4-7-10-13-16-19-21-23-25-26-27-28-30-31-33-35-37-40-43-46-52(54)57-50-51(49-56-48-45-42-39-18-15-12-9-6-3)58-53(55)47-44-41-38-36-34-32-29-24-22-20-17-14-11-8-5-2/h17,20,23-25,29,51H,4-16,18-19,21-22,26-28,30-50H2,1-3H3/b20-17-,25-23-,29-24-. The summed E-state index contributed by atoms with van der Waals surface area (Å²) in [5.41, 5.74) is 0. The van der Waals surface area contributed by atoms with Crippen LogP contribution in [0.15, 0.2) is 36.5 Å². The largest absolute Gasteiger partial charge is 0.462 e. The average Bonchev–Trinajstić information content (AvgIpc) is 3.22. The first-order chi connectivity index (χ1) is 28.6. The van der Waals surface area contributed by atoms with E-state index in [4.69, 9.17) is 14.2 Å². The first kappa shape index (κ1) is 56.1. The maximum atomic E-state index is 12.7. The summed E-state index contributed by atoms with van der Waals surface area (Å²) >= 11 is 0. The molecule has 1 atom stereocenters. The number of ether oxygens (including phenoxy) is 3. The molecule has 0 N–H and O–H groups in total. The Labute approximate surface area is 361 Å². The van der Waals surface area contributed by atoms with Gasteiger partial charge < -0.3 is 14.2 Å². The van der Waals surface area contributed by atoms with Gasteiger partial charge in [-0.25, -0.2) is 0 Å². The molecule has 0 spiro atoms. The van der Waals surface area contributed by atoms with Gasteiger partial charge in [-0.15, -0.1) is 0 Å². The maximum absolute atomic E-state index is 12.7. The molecule has 0 bridgehead atoms. The van der Waals surface area contributed by atoms with Gasteiger partial charge in [0, 0.05) is 19.4 Å². The van der Waals surface area contributed by atoms with Crippen molar-refractivity contribution in [3.8, 4) is 0 Å². The Balaban J connectivity index is 4.14. The quantitative estimate of drug-likeness (QED) is 0.0348. The third-order valence-electron chi connectivity index (χ3n) is 11.1. The summed E-state index contributed by atoms with van der Waals surface area (Å²) in [6.07, 6.45) is 58.6. The topological polar surface area (TPSA) is 61.8 Å². The van der Waals surface area contributed by atoms with Crippen molar-refractivity contribution in [2.45, 2.75) is 271 Å². The molecule has 0 radical (unpaired) electrons. The van der Waals surface area contributed by atoms with Gasteiger partial charge in [0.1, 0.15) is 6.61 Å². The van der Waals surface area contributed by atoms with Crippen molar-refractivity contribution in [3.63, 3.8) is 0 Å². The van der Waals surface area contributed by atoms with E-state index in [0.717, 1.165) is 57.8 Å². The second kappa shape index (κ2) is 49.5. The first-order valence-electron chi connectivity index (χ1n) is 25.5. The van der Waals surface area contributed by atoms with Crippen molar-refractivity contribution < 1.29 is 23.8 Å². The Morgan fingerprint density at radius 2 is 0.724 bits per heavy atom. The molecule has 0 aromatic heterocycles. The van der Waals surface area contributed by atoms with Crippen LogP contribution in [0.2, 0.25) is 0 Å². The van der Waals surface area contributed by atoms with Crippen molar-refractivity contribution in [1.29, 1.82) is 0 Å². The molecular formula is C53H98O5. The van der Waals surface area contributed by atoms with Gasteiger partial charge in [0.25, 0.3) is 0 Å². The lowest BCUT2D eigenvalue weighted by molar-refractivity contribution is -0.163. The van der Waals surface area contributed by atoms with Gasteiger partial charge in [-0.05, 0) is 77.0 Å². The second-order valence-electron chi connectivity index (χ2n) is 17.1. The smallest absolute Gasteiger partial charge is 0.306 e. The van der Waals surface area contributed by atoms with Crippen LogP contribution in [0.25, 0.3) is 0 Å². The predicted molar refractivity (Wildman–Crippen MR) is 252 cm³/mol. The van der Waals surface area contributed by atoms with Crippen LogP contribution in [0.5, 0.6) is 0 Å². The van der Waals surface area contributed by atoms with E-state index >= 15 is 0 Å². The van der Waals surface area contributed by atoms with Crippen LogP contribution in [0, 0.1) is 0 Å². The third-order valence-corrected chi connectivity index (χ3v) is 11.1. The van der Waals surface area contributed by atoms with Gasteiger partial charge in [-0.3, -0.25) is 9.59 Å². The summed E-state index contributed by atoms with van der Waals surface area (Å²) in [5.74, 6) is -0.406. The van der Waals surface area contributed by atoms with Crippen molar-refractivity contribution in [1.82, 2.24) is 0 Å². The average molecular weight is 815 g/mol. The lowest BCUT2D eigenvalue weighted by atomic mass is 10.1. The number of hydrogen-bond donors (Lipinski definition) is 0. The highest BCUT2D eigenvalue weighted by Crippen LogP contribution is 2.14. The summed E-state index contributed by atoms with van der Waals surface area (Å²) in [5, 5.41) is 0. The molecule has 0 amide bonds. The molecule has 340 valence electrons. The number of esters is 2. The second-order valence-corrected chi connectivity index (χ2v) is 17.1. The highest BCUT2D eigenvalue weighted by Gasteiger charge is 2.17. The van der Waals surface area contributed by atoms with Crippen LogP contribution in [0.4, 0.5) is 0 Å². The molecule has 0 saturated heterocycles. The number of hydrogen-bond acceptors (Lipinski definition) is 5. The molecule has 0 aromatic carbocycles. The highest BCUT2D eigenvalue weighted by molar-refractivity contribution is 5.70. The van der Waals surface area contributed by atoms with Gasteiger partial charge in [-0.2, -0.15) is 0 Å². The summed E-state index contributed by atoms with van der Waals surface area (Å²) in [6.45, 7) is 7.80. The molecule has 0 heterocycles. The molecule has 5 nitrogen and oxygen atoms in total. The van der Waals surface area contributed by atoms with Crippen molar-refractivity contribution >= 4 is 11.9 Å². The SMILES string of the molecule is CCCCC/C=C\C/C=C\CCCCCCCC(=O)OC(COCCCCCCCCCC)COC(=O)CCCCCCCCCCC/C=C\CCCCCCCC. The van der Waals surface area contributed by atoms with Crippen molar-refractivity contribution in [2.24, 2.45) is 0 Å². The van der Waals surface area contributed by atoms with E-state index in [0.29, 0.717) is 19.4 Å². The monoisotopic (exact) mass is 815 g/mol. The van der Waals surface area contributed by atoms with Gasteiger partial charge >= 0.3 is 11.9 Å². The summed E-state index contributed by atoms with van der Waals surface area (Å²) in [6, 6.07) is 0. The molecule has 0 aliphatic heterocycles. The Bertz CT molecular complexity index is 924. The van der Waals surface area contributed by atoms with Crippen LogP contribution in [0.3, 0.4) is 0 Å². The zero-order valence-corrected chi connectivity index (χ0v) is 39.1. The minimum atomic E-state index is -0.537. The molecule has 0 fully saturated rings. The van der Waals surface area contributed by atoms with Crippen LogP contribution in [-0.4, -0.2) is 37.9 Å². The van der Waals surface area contributed by atoms with Crippen LogP contribution in [-0.2, 0) is 23.8 Å². The van der Waals surface area contributed by atoms with Gasteiger partial charge in [0.05, 0.1) is 6.61 Å². The molecule has 0 rings (SSSR count). The lowest BCUT2D eigenvalue weighted by Crippen LogP contribution is -2.30. The minimum absolute atomic E-state index is 0.0824. The Morgan fingerprint density at radius 3 is 1.19 bits per heavy atom. The van der Waals surface area contributed by atoms with E-state index in [1.807, 2.05) is 0 Å². The molecule has 0 aromatic rings. The van der Waals surface area contributed by atoms with Gasteiger partial charge in [-0.1, -0.05) is 211 Å². The molecular weight excluding hydrogens is 717 g/mol. The van der Waals surface area contributed by atoms with Gasteiger partial charge in [0.2, 0.25) is 0 Å². The van der Waals surface area contributed by atoms with E-state index < -0.39 is 6.10 Å². The van der Waals surface area contributed by atoms with E-state index in [9.17, 15) is 9.59 Å². The van der Waals surface area contributed by atoms with Crippen molar-refractivity contribution in [3.05, 3.63) is 36.5 Å². The van der Waals surface area contributed by atoms with E-state index in [2.05, 4.69) is 57.2 Å². The zero-order valence-electron chi connectivity index (χ0n) is 39.1. The number of allylic oxidation sites excluding steroid dienone is 6. The normalized spacial score (nSPS) is 12.4. The summed E-state index contributed by atoms with van der Waals surface area (Å²) in [4.78, 5) is 25.3. The molecule has 0 aliphatic rings. The van der Waals surface area contributed by atoms with Crippen LogP contribution in [0.1, 0.15) is 265 Å². The lowest BCUT2D eigenvalue weighted by Gasteiger charge is -2.18. The van der Waals surface area contributed by atoms with Crippen LogP contribution < -0.4 is 0 Å². The Hall–Kier alpha value is -1.88. The summed E-state index contributed by atoms with van der Waals surface area (Å²) in [7, 11) is 0. The van der Waals surface area contributed by atoms with Crippen LogP contribution >= 0.6 is 0 Å². The highest BCUT2D eigenvalue weighted by atomic mass is 16.6. The van der Waals surface area contributed by atoms with Crippen molar-refractivity contribution in [2.75, 3.05) is 19.8 Å². The first-order valence-corrected chi connectivity index (χ1v) is 25.5. The number of rotatable bonds is 47.